The lowest BCUT2D eigenvalue weighted by Crippen LogP contribution is -2.53. The Hall–Kier alpha value is 0.260. The average molecular weight is 298 g/mol. The van der Waals surface area contributed by atoms with E-state index < -0.39 is 15.3 Å². The van der Waals surface area contributed by atoms with Crippen LogP contribution in [0.15, 0.2) is 0 Å². The Kier molecular flexibility index (Phi) is 9.34. The zero-order chi connectivity index (χ0) is 14.2. The molecule has 0 N–H and O–H groups in total. The van der Waals surface area contributed by atoms with E-state index in [4.69, 9.17) is 4.52 Å². The van der Waals surface area contributed by atoms with Gasteiger partial charge in [-0.3, -0.25) is 9.80 Å². The normalized spacial score (nSPS) is 12.9. The van der Waals surface area contributed by atoms with Crippen LogP contribution in [0.5, 0.6) is 0 Å². The molecule has 0 aliphatic rings. The van der Waals surface area contributed by atoms with E-state index in [1.807, 2.05) is 37.5 Å². The molecule has 0 aromatic heterocycles. The smallest absolute Gasteiger partial charge is 0.182 e. The number of hydrogen-bond acceptors (Lipinski definition) is 5. The lowest BCUT2D eigenvalue weighted by molar-refractivity contribution is 0.115. The minimum atomic E-state index is -3.22. The van der Waals surface area contributed by atoms with Crippen molar-refractivity contribution in [3.63, 3.8) is 0 Å². The zero-order valence-electron chi connectivity index (χ0n) is 11.9. The van der Waals surface area contributed by atoms with Gasteiger partial charge in [-0.25, -0.2) is 8.42 Å². The third kappa shape index (κ3) is 5.10. The van der Waals surface area contributed by atoms with Crippen molar-refractivity contribution in [2.24, 2.45) is 0 Å². The van der Waals surface area contributed by atoms with Gasteiger partial charge in [-0.15, -0.1) is 0 Å². The maximum absolute atomic E-state index is 12.4. The molecule has 5 nitrogen and oxygen atoms in total. The van der Waals surface area contributed by atoms with Gasteiger partial charge in [0.25, 0.3) is 0 Å². The van der Waals surface area contributed by atoms with Crippen LogP contribution in [0.2, 0.25) is 0 Å². The molecule has 0 aliphatic heterocycles. The van der Waals surface area contributed by atoms with Crippen molar-refractivity contribution in [2.75, 3.05) is 38.5 Å². The van der Waals surface area contributed by atoms with Crippen LogP contribution in [-0.4, -0.2) is 62.3 Å². The first-order valence-corrected chi connectivity index (χ1v) is 8.68. The Labute approximate surface area is 114 Å². The van der Waals surface area contributed by atoms with Crippen molar-refractivity contribution >= 4 is 19.3 Å². The molecule has 0 rings (SSSR count). The van der Waals surface area contributed by atoms with Gasteiger partial charge < -0.3 is 4.52 Å². The Balaban J connectivity index is 5.18. The topological polar surface area (TPSA) is 49.9 Å². The van der Waals surface area contributed by atoms with Gasteiger partial charge in [-0.05, 0) is 26.2 Å². The highest BCUT2D eigenvalue weighted by Crippen LogP contribution is 2.14. The molecule has 0 heterocycles. The van der Waals surface area contributed by atoms with Crippen molar-refractivity contribution < 1.29 is 12.9 Å². The van der Waals surface area contributed by atoms with Gasteiger partial charge in [0.2, 0.25) is 0 Å². The number of sulfone groups is 1. The first-order chi connectivity index (χ1) is 8.48. The predicted octanol–water partition coefficient (Wildman–Crippen LogP) is 1.18. The van der Waals surface area contributed by atoms with Crippen LogP contribution in [0.4, 0.5) is 0 Å². The molecule has 18 heavy (non-hydrogen) atoms. The molecular weight excluding hydrogens is 271 g/mol. The Morgan fingerprint density at radius 3 is 1.67 bits per heavy atom. The molecule has 0 spiro atoms. The standard InChI is InChI=1S/C11H27N2O3PS/c1-5-12(6-2)11(13(7-3)8-4)18(14,15)10-9-16-17/h11H,5-10,17H2,1-4H3. The highest BCUT2D eigenvalue weighted by atomic mass is 32.2. The summed E-state index contributed by atoms with van der Waals surface area (Å²) in [5.74, 6) is 0.0498. The van der Waals surface area contributed by atoms with Crippen molar-refractivity contribution in [1.82, 2.24) is 9.80 Å². The van der Waals surface area contributed by atoms with E-state index in [-0.39, 0.29) is 12.4 Å². The van der Waals surface area contributed by atoms with Gasteiger partial charge >= 0.3 is 0 Å². The first-order valence-electron chi connectivity index (χ1n) is 6.49. The summed E-state index contributed by atoms with van der Waals surface area (Å²) in [5.41, 5.74) is -0.539. The largest absolute Gasteiger partial charge is 0.365 e. The third-order valence-electron chi connectivity index (χ3n) is 3.06. The number of rotatable bonds is 10. The quantitative estimate of drug-likeness (QED) is 0.448. The van der Waals surface area contributed by atoms with Gasteiger partial charge in [-0.2, -0.15) is 0 Å². The minimum Gasteiger partial charge on any atom is -0.365 e. The predicted molar refractivity (Wildman–Crippen MR) is 79.1 cm³/mol. The summed E-state index contributed by atoms with van der Waals surface area (Å²) in [4.78, 5) is 3.95. The second-order valence-electron chi connectivity index (χ2n) is 4.01. The van der Waals surface area contributed by atoms with Crippen LogP contribution in [0.25, 0.3) is 0 Å². The molecular formula is C11H27N2O3PS. The molecule has 0 bridgehead atoms. The van der Waals surface area contributed by atoms with Crippen LogP contribution in [-0.2, 0) is 14.4 Å². The summed E-state index contributed by atoms with van der Waals surface area (Å²) in [6.45, 7) is 11.0. The lowest BCUT2D eigenvalue weighted by atomic mass is 10.5. The average Bonchev–Trinajstić information content (AvgIpc) is 2.37. The van der Waals surface area contributed by atoms with E-state index in [1.54, 1.807) is 0 Å². The second-order valence-corrected chi connectivity index (χ2v) is 6.50. The molecule has 0 saturated heterocycles. The maximum Gasteiger partial charge on any atom is 0.182 e. The van der Waals surface area contributed by atoms with Crippen molar-refractivity contribution in [3.05, 3.63) is 0 Å². The SMILES string of the molecule is CCN(CC)C(N(CC)CC)S(=O)(=O)CCOP. The van der Waals surface area contributed by atoms with Crippen LogP contribution in [0.3, 0.4) is 0 Å². The van der Waals surface area contributed by atoms with E-state index in [0.717, 1.165) is 26.2 Å². The summed E-state index contributed by atoms with van der Waals surface area (Å²) < 4.78 is 29.7. The summed E-state index contributed by atoms with van der Waals surface area (Å²) in [6, 6.07) is 0. The molecule has 7 heteroatoms. The van der Waals surface area contributed by atoms with Gasteiger partial charge in [-0.1, -0.05) is 27.7 Å². The summed E-state index contributed by atoms with van der Waals surface area (Å²) in [7, 11) is -1.12. The first kappa shape index (κ1) is 18.3. The highest BCUT2D eigenvalue weighted by molar-refractivity contribution is 7.91. The molecule has 0 amide bonds. The molecule has 0 aliphatic carbocycles. The third-order valence-corrected chi connectivity index (χ3v) is 5.27. The molecule has 0 fully saturated rings. The highest BCUT2D eigenvalue weighted by Gasteiger charge is 2.33. The Morgan fingerprint density at radius 2 is 1.39 bits per heavy atom. The van der Waals surface area contributed by atoms with Crippen molar-refractivity contribution in [2.45, 2.75) is 33.2 Å². The van der Waals surface area contributed by atoms with Crippen LogP contribution < -0.4 is 0 Å². The summed E-state index contributed by atoms with van der Waals surface area (Å²) in [5, 5.41) is 0. The van der Waals surface area contributed by atoms with Gasteiger partial charge in [0.15, 0.2) is 15.3 Å². The molecule has 1 unspecified atom stereocenters. The van der Waals surface area contributed by atoms with Gasteiger partial charge in [0, 0.05) is 9.47 Å². The fourth-order valence-corrected chi connectivity index (χ4v) is 4.36. The van der Waals surface area contributed by atoms with Crippen LogP contribution in [0, 0.1) is 0 Å². The van der Waals surface area contributed by atoms with Crippen molar-refractivity contribution in [3.8, 4) is 0 Å². The maximum atomic E-state index is 12.4. The van der Waals surface area contributed by atoms with Gasteiger partial charge in [0.05, 0.1) is 12.4 Å². The van der Waals surface area contributed by atoms with Crippen molar-refractivity contribution in [1.29, 1.82) is 0 Å². The number of nitrogens with zero attached hydrogens (tertiary/aromatic N) is 2. The van der Waals surface area contributed by atoms with E-state index >= 15 is 0 Å². The summed E-state index contributed by atoms with van der Waals surface area (Å²) >= 11 is 0. The van der Waals surface area contributed by atoms with Crippen LogP contribution >= 0.6 is 9.47 Å². The monoisotopic (exact) mass is 298 g/mol. The van der Waals surface area contributed by atoms with Crippen LogP contribution in [0.1, 0.15) is 27.7 Å². The van der Waals surface area contributed by atoms with E-state index in [0.29, 0.717) is 0 Å². The Bertz CT molecular complexity index is 291. The molecule has 0 aromatic rings. The molecule has 0 aromatic carbocycles. The number of hydrogen-bond donors (Lipinski definition) is 0. The molecule has 0 saturated carbocycles. The van der Waals surface area contributed by atoms with E-state index in [1.165, 1.54) is 0 Å². The zero-order valence-corrected chi connectivity index (χ0v) is 13.9. The lowest BCUT2D eigenvalue weighted by Gasteiger charge is -2.37. The Morgan fingerprint density at radius 1 is 1.00 bits per heavy atom. The van der Waals surface area contributed by atoms with E-state index in [9.17, 15) is 8.42 Å². The molecule has 110 valence electrons. The van der Waals surface area contributed by atoms with E-state index in [2.05, 4.69) is 9.47 Å². The van der Waals surface area contributed by atoms with Gasteiger partial charge in [0.1, 0.15) is 0 Å². The minimum absolute atomic E-state index is 0.0498. The molecule has 0 radical (unpaired) electrons. The summed E-state index contributed by atoms with van der Waals surface area (Å²) in [6.07, 6.45) is 0. The molecule has 1 atom stereocenters. The fraction of sp³-hybridized carbons (Fsp3) is 1.00. The fourth-order valence-electron chi connectivity index (χ4n) is 2.03. The second kappa shape index (κ2) is 9.21.